The topological polar surface area (TPSA) is 48.9 Å². The quantitative estimate of drug-likeness (QED) is 0.881. The molecule has 2 atom stereocenters. The van der Waals surface area contributed by atoms with E-state index >= 15 is 0 Å². The van der Waals surface area contributed by atoms with Crippen LogP contribution < -0.4 is 10.6 Å². The van der Waals surface area contributed by atoms with Crippen molar-refractivity contribution >= 4 is 5.96 Å². The van der Waals surface area contributed by atoms with Crippen LogP contribution in [0.15, 0.2) is 29.3 Å². The van der Waals surface area contributed by atoms with Gasteiger partial charge in [-0.3, -0.25) is 9.89 Å². The summed E-state index contributed by atoms with van der Waals surface area (Å²) in [4.78, 5) is 6.89. The van der Waals surface area contributed by atoms with Crippen LogP contribution in [0, 0.1) is 0 Å². The van der Waals surface area contributed by atoms with Crippen molar-refractivity contribution in [3.8, 4) is 0 Å². The average Bonchev–Trinajstić information content (AvgIpc) is 2.91. The van der Waals surface area contributed by atoms with E-state index in [0.717, 1.165) is 45.3 Å². The predicted octanol–water partition coefficient (Wildman–Crippen LogP) is 1.34. The van der Waals surface area contributed by atoms with Gasteiger partial charge in [0.05, 0.1) is 19.3 Å². The predicted molar refractivity (Wildman–Crippen MR) is 88.9 cm³/mol. The van der Waals surface area contributed by atoms with Gasteiger partial charge in [0, 0.05) is 32.2 Å². The van der Waals surface area contributed by atoms with Crippen molar-refractivity contribution < 1.29 is 4.74 Å². The molecule has 22 heavy (non-hydrogen) atoms. The Bertz CT molecular complexity index is 531. The summed E-state index contributed by atoms with van der Waals surface area (Å²) in [5, 5.41) is 6.70. The lowest BCUT2D eigenvalue weighted by Gasteiger charge is -2.31. The Morgan fingerprint density at radius 1 is 1.36 bits per heavy atom. The zero-order chi connectivity index (χ0) is 15.4. The summed E-state index contributed by atoms with van der Waals surface area (Å²) in [6.07, 6.45) is 0.340. The molecule has 0 aliphatic carbocycles. The van der Waals surface area contributed by atoms with Crippen molar-refractivity contribution in [1.82, 2.24) is 15.5 Å². The number of ether oxygens (including phenoxy) is 1. The van der Waals surface area contributed by atoms with Crippen LogP contribution >= 0.6 is 0 Å². The fourth-order valence-electron chi connectivity index (χ4n) is 2.98. The highest BCUT2D eigenvalue weighted by atomic mass is 16.5. The van der Waals surface area contributed by atoms with Gasteiger partial charge >= 0.3 is 0 Å². The van der Waals surface area contributed by atoms with Crippen molar-refractivity contribution in [3.63, 3.8) is 0 Å². The summed E-state index contributed by atoms with van der Waals surface area (Å²) in [5.41, 5.74) is 2.66. The third kappa shape index (κ3) is 4.21. The molecule has 1 aromatic rings. The summed E-state index contributed by atoms with van der Waals surface area (Å²) in [6.45, 7) is 9.82. The normalized spacial score (nSPS) is 25.6. The van der Waals surface area contributed by atoms with Crippen LogP contribution in [0.2, 0.25) is 0 Å². The maximum Gasteiger partial charge on any atom is 0.191 e. The number of benzene rings is 1. The van der Waals surface area contributed by atoms with E-state index in [1.807, 2.05) is 0 Å². The third-order valence-corrected chi connectivity index (χ3v) is 4.09. The maximum absolute atomic E-state index is 5.60. The Morgan fingerprint density at radius 2 is 2.23 bits per heavy atom. The molecule has 5 nitrogen and oxygen atoms in total. The third-order valence-electron chi connectivity index (χ3n) is 4.09. The van der Waals surface area contributed by atoms with Gasteiger partial charge in [-0.2, -0.15) is 0 Å². The number of aliphatic imine (C=N–C) groups is 1. The van der Waals surface area contributed by atoms with Crippen LogP contribution in [0.1, 0.15) is 25.0 Å². The number of hydrogen-bond donors (Lipinski definition) is 2. The number of nitrogens with zero attached hydrogens (tertiary/aromatic N) is 2. The highest BCUT2D eigenvalue weighted by molar-refractivity contribution is 5.81. The van der Waals surface area contributed by atoms with Crippen LogP contribution in [-0.4, -0.2) is 49.2 Å². The lowest BCUT2D eigenvalue weighted by molar-refractivity contribution is -0.0212. The fourth-order valence-corrected chi connectivity index (χ4v) is 2.98. The fraction of sp³-hybridized carbons (Fsp3) is 0.588. The molecular weight excluding hydrogens is 276 g/mol. The Kier molecular flexibility index (Phi) is 4.95. The molecule has 2 N–H and O–H groups in total. The van der Waals surface area contributed by atoms with Crippen LogP contribution in [0.3, 0.4) is 0 Å². The molecule has 2 heterocycles. The summed E-state index contributed by atoms with van der Waals surface area (Å²) >= 11 is 0. The number of guanidine groups is 1. The minimum atomic E-state index is 0.340. The summed E-state index contributed by atoms with van der Waals surface area (Å²) < 4.78 is 5.60. The maximum atomic E-state index is 5.60. The first kappa shape index (κ1) is 15.3. The van der Waals surface area contributed by atoms with Crippen molar-refractivity contribution in [2.45, 2.75) is 39.1 Å². The van der Waals surface area contributed by atoms with Crippen LogP contribution in [-0.2, 0) is 17.8 Å². The molecule has 0 bridgehead atoms. The molecule has 0 saturated carbocycles. The second-order valence-electron chi connectivity index (χ2n) is 6.32. The van der Waals surface area contributed by atoms with Gasteiger partial charge < -0.3 is 15.4 Å². The lowest BCUT2D eigenvalue weighted by atomic mass is 10.1. The number of rotatable bonds is 4. The van der Waals surface area contributed by atoms with Gasteiger partial charge in [0.15, 0.2) is 5.96 Å². The molecule has 2 aliphatic rings. The van der Waals surface area contributed by atoms with E-state index < -0.39 is 0 Å². The molecular formula is C17H26N4O. The van der Waals surface area contributed by atoms with Gasteiger partial charge in [0.1, 0.15) is 0 Å². The molecule has 1 aromatic carbocycles. The van der Waals surface area contributed by atoms with Crippen LogP contribution in [0.4, 0.5) is 0 Å². The molecule has 2 unspecified atom stereocenters. The molecule has 120 valence electrons. The van der Waals surface area contributed by atoms with Crippen molar-refractivity contribution in [1.29, 1.82) is 0 Å². The summed E-state index contributed by atoms with van der Waals surface area (Å²) in [5.74, 6) is 0.917. The van der Waals surface area contributed by atoms with E-state index in [-0.39, 0.29) is 0 Å². The Balaban J connectivity index is 1.53. The van der Waals surface area contributed by atoms with Gasteiger partial charge in [-0.25, -0.2) is 0 Å². The van der Waals surface area contributed by atoms with E-state index in [0.29, 0.717) is 12.1 Å². The van der Waals surface area contributed by atoms with Gasteiger partial charge in [-0.15, -0.1) is 0 Å². The molecule has 5 heteroatoms. The summed E-state index contributed by atoms with van der Waals surface area (Å²) in [6, 6.07) is 9.24. The van der Waals surface area contributed by atoms with Gasteiger partial charge in [0.2, 0.25) is 0 Å². The average molecular weight is 302 g/mol. The first-order chi connectivity index (χ1) is 10.7. The lowest BCUT2D eigenvalue weighted by Crippen LogP contribution is -2.40. The highest BCUT2D eigenvalue weighted by Gasteiger charge is 2.16. The van der Waals surface area contributed by atoms with Crippen LogP contribution in [0.5, 0.6) is 0 Å². The minimum absolute atomic E-state index is 0.340. The molecule has 1 saturated heterocycles. The van der Waals surface area contributed by atoms with Crippen LogP contribution in [0.25, 0.3) is 0 Å². The molecule has 2 aliphatic heterocycles. The Labute approximate surface area is 132 Å². The monoisotopic (exact) mass is 302 g/mol. The summed E-state index contributed by atoms with van der Waals surface area (Å²) in [7, 11) is 0. The van der Waals surface area contributed by atoms with E-state index in [1.165, 1.54) is 11.1 Å². The second-order valence-corrected chi connectivity index (χ2v) is 6.32. The molecule has 0 amide bonds. The zero-order valence-electron chi connectivity index (χ0n) is 13.5. The smallest absolute Gasteiger partial charge is 0.191 e. The van der Waals surface area contributed by atoms with E-state index in [1.54, 1.807) is 0 Å². The molecule has 0 spiro atoms. The largest absolute Gasteiger partial charge is 0.376 e. The van der Waals surface area contributed by atoms with Gasteiger partial charge in [0.25, 0.3) is 0 Å². The zero-order valence-corrected chi connectivity index (χ0v) is 13.5. The first-order valence-corrected chi connectivity index (χ1v) is 8.15. The van der Waals surface area contributed by atoms with Crippen molar-refractivity contribution in [2.24, 2.45) is 4.99 Å². The number of morpholine rings is 1. The van der Waals surface area contributed by atoms with Gasteiger partial charge in [-0.05, 0) is 25.0 Å². The Morgan fingerprint density at radius 3 is 3.00 bits per heavy atom. The Hall–Kier alpha value is -1.59. The first-order valence-electron chi connectivity index (χ1n) is 8.15. The van der Waals surface area contributed by atoms with E-state index in [9.17, 15) is 0 Å². The number of nitrogens with one attached hydrogen (secondary N) is 2. The standard InChI is InChI=1S/C17H26N4O/c1-13-9-18-17(20-13)19-10-15-4-3-5-16(8-15)12-21-6-7-22-14(2)11-21/h3-5,8,13-14H,6-7,9-12H2,1-2H3,(H2,18,19,20). The van der Waals surface area contributed by atoms with Gasteiger partial charge in [-0.1, -0.05) is 24.3 Å². The van der Waals surface area contributed by atoms with Crippen molar-refractivity contribution in [2.75, 3.05) is 26.2 Å². The SMILES string of the molecule is CC1CN=C(NCc2cccc(CN3CCOC(C)C3)c2)N1. The highest BCUT2D eigenvalue weighted by Crippen LogP contribution is 2.12. The molecule has 3 rings (SSSR count). The molecule has 1 fully saturated rings. The molecule has 0 radical (unpaired) electrons. The molecule has 0 aromatic heterocycles. The van der Waals surface area contributed by atoms with Crippen molar-refractivity contribution in [3.05, 3.63) is 35.4 Å². The second kappa shape index (κ2) is 7.11. The number of hydrogen-bond acceptors (Lipinski definition) is 5. The van der Waals surface area contributed by atoms with E-state index in [4.69, 9.17) is 4.74 Å². The van der Waals surface area contributed by atoms with E-state index in [2.05, 4.69) is 58.6 Å². The minimum Gasteiger partial charge on any atom is -0.376 e.